The van der Waals surface area contributed by atoms with Crippen molar-refractivity contribution in [1.29, 1.82) is 0 Å². The summed E-state index contributed by atoms with van der Waals surface area (Å²) in [6, 6.07) is 6.44. The predicted molar refractivity (Wildman–Crippen MR) is 84.2 cm³/mol. The third-order valence-electron chi connectivity index (χ3n) is 4.20. The van der Waals surface area contributed by atoms with Crippen LogP contribution in [0.25, 0.3) is 0 Å². The minimum absolute atomic E-state index is 0.0261. The van der Waals surface area contributed by atoms with Crippen LogP contribution < -0.4 is 0 Å². The molecule has 9 nitrogen and oxygen atoms in total. The van der Waals surface area contributed by atoms with Gasteiger partial charge in [-0.3, -0.25) is 24.1 Å². The number of rotatable bonds is 6. The van der Waals surface area contributed by atoms with E-state index in [-0.39, 0.29) is 32.2 Å². The molecule has 0 saturated carbocycles. The third-order valence-corrected chi connectivity index (χ3v) is 4.20. The predicted octanol–water partition coefficient (Wildman–Crippen LogP) is 0.0309. The number of hydrogen-bond donors (Lipinski definition) is 1. The van der Waals surface area contributed by atoms with E-state index >= 15 is 0 Å². The molecular weight excluding hydrogens is 344 g/mol. The summed E-state index contributed by atoms with van der Waals surface area (Å²) in [5.41, 5.74) is 0.645. The molecule has 9 heteroatoms. The topological polar surface area (TPSA) is 121 Å². The summed E-state index contributed by atoms with van der Waals surface area (Å²) in [4.78, 5) is 64.5. The largest absolute Gasteiger partial charge is 0.381 e. The first-order valence-electron chi connectivity index (χ1n) is 8.11. The molecule has 1 atom stereocenters. The van der Waals surface area contributed by atoms with Crippen molar-refractivity contribution in [2.24, 2.45) is 0 Å². The summed E-state index contributed by atoms with van der Waals surface area (Å²) in [5.74, 6) is -3.24. The second kappa shape index (κ2) is 7.04. The van der Waals surface area contributed by atoms with Gasteiger partial charge in [-0.1, -0.05) is 12.1 Å². The van der Waals surface area contributed by atoms with Gasteiger partial charge in [-0.2, -0.15) is 0 Å². The minimum Gasteiger partial charge on any atom is -0.381 e. The average Bonchev–Trinajstić information content (AvgIpc) is 3.07. The summed E-state index contributed by atoms with van der Waals surface area (Å²) in [7, 11) is 0. The summed E-state index contributed by atoms with van der Waals surface area (Å²) >= 11 is 0. The van der Waals surface area contributed by atoms with Gasteiger partial charge in [0.1, 0.15) is 0 Å². The van der Waals surface area contributed by atoms with Gasteiger partial charge in [-0.05, 0) is 25.0 Å². The molecule has 0 aliphatic carbocycles. The van der Waals surface area contributed by atoms with Crippen molar-refractivity contribution >= 4 is 29.6 Å². The van der Waals surface area contributed by atoms with E-state index in [9.17, 15) is 29.1 Å². The molecule has 0 bridgehead atoms. The number of hydrogen-bond acceptors (Lipinski definition) is 7. The molecule has 0 aromatic heterocycles. The molecule has 1 saturated heterocycles. The SMILES string of the molecule is O=C(ON1C(=O)CCC1=O)C(O)CCCN1C(=O)c2ccccc2C1=O. The van der Waals surface area contributed by atoms with E-state index in [4.69, 9.17) is 0 Å². The Hall–Kier alpha value is -3.07. The highest BCUT2D eigenvalue weighted by atomic mass is 16.7. The van der Waals surface area contributed by atoms with E-state index in [0.717, 1.165) is 4.90 Å². The van der Waals surface area contributed by atoms with E-state index in [1.54, 1.807) is 24.3 Å². The molecule has 0 radical (unpaired) electrons. The fourth-order valence-corrected chi connectivity index (χ4v) is 2.81. The second-order valence-electron chi connectivity index (χ2n) is 5.96. The number of nitrogens with zero attached hydrogens (tertiary/aromatic N) is 2. The Morgan fingerprint density at radius 3 is 2.12 bits per heavy atom. The number of imide groups is 2. The number of aliphatic hydroxyl groups excluding tert-OH is 1. The number of carbonyl (C=O) groups is 5. The van der Waals surface area contributed by atoms with Crippen LogP contribution in [0.2, 0.25) is 0 Å². The lowest BCUT2D eigenvalue weighted by molar-refractivity contribution is -0.203. The van der Waals surface area contributed by atoms with Gasteiger partial charge < -0.3 is 9.94 Å². The molecule has 2 heterocycles. The molecule has 0 spiro atoms. The molecule has 1 fully saturated rings. The number of aliphatic hydroxyl groups is 1. The summed E-state index contributed by atoms with van der Waals surface area (Å²) in [6.07, 6.45) is -1.60. The standard InChI is InChI=1S/C17H16N2O7/c20-12(17(25)26-19-13(21)7-8-14(19)22)6-3-9-18-15(23)10-4-1-2-5-11(10)16(18)24/h1-2,4-5,12,20H,3,6-9H2. The van der Waals surface area contributed by atoms with Gasteiger partial charge in [0.15, 0.2) is 6.10 Å². The van der Waals surface area contributed by atoms with Crippen LogP contribution in [-0.2, 0) is 19.2 Å². The van der Waals surface area contributed by atoms with E-state index in [0.29, 0.717) is 16.2 Å². The first-order valence-corrected chi connectivity index (χ1v) is 8.11. The molecule has 26 heavy (non-hydrogen) atoms. The lowest BCUT2D eigenvalue weighted by Gasteiger charge is -2.17. The van der Waals surface area contributed by atoms with Crippen LogP contribution in [0.15, 0.2) is 24.3 Å². The van der Waals surface area contributed by atoms with Crippen molar-refractivity contribution in [1.82, 2.24) is 9.96 Å². The van der Waals surface area contributed by atoms with E-state index < -0.39 is 35.7 Å². The first kappa shape index (κ1) is 17.7. The first-order chi connectivity index (χ1) is 12.4. The molecule has 1 aromatic rings. The summed E-state index contributed by atoms with van der Waals surface area (Å²) in [5, 5.41) is 10.2. The van der Waals surface area contributed by atoms with Crippen LogP contribution in [0.1, 0.15) is 46.4 Å². The van der Waals surface area contributed by atoms with Gasteiger partial charge in [-0.25, -0.2) is 4.79 Å². The van der Waals surface area contributed by atoms with Crippen molar-refractivity contribution < 1.29 is 33.9 Å². The highest BCUT2D eigenvalue weighted by Crippen LogP contribution is 2.23. The van der Waals surface area contributed by atoms with Gasteiger partial charge >= 0.3 is 5.97 Å². The van der Waals surface area contributed by atoms with Crippen LogP contribution in [0.3, 0.4) is 0 Å². The maximum absolute atomic E-state index is 12.2. The van der Waals surface area contributed by atoms with E-state index in [2.05, 4.69) is 4.84 Å². The van der Waals surface area contributed by atoms with Gasteiger partial charge in [0, 0.05) is 19.4 Å². The molecule has 2 aliphatic heterocycles. The molecular formula is C17H16N2O7. The quantitative estimate of drug-likeness (QED) is 0.710. The highest BCUT2D eigenvalue weighted by molar-refractivity contribution is 6.21. The molecule has 3 rings (SSSR count). The molecule has 4 amide bonds. The van der Waals surface area contributed by atoms with Crippen molar-refractivity contribution in [3.63, 3.8) is 0 Å². The molecule has 1 aromatic carbocycles. The van der Waals surface area contributed by atoms with Crippen molar-refractivity contribution in [3.8, 4) is 0 Å². The number of benzene rings is 1. The zero-order chi connectivity index (χ0) is 18.8. The monoisotopic (exact) mass is 360 g/mol. The Balaban J connectivity index is 1.50. The van der Waals surface area contributed by atoms with Gasteiger partial charge in [0.05, 0.1) is 11.1 Å². The van der Waals surface area contributed by atoms with Gasteiger partial charge in [0.2, 0.25) is 0 Å². The fraction of sp³-hybridized carbons (Fsp3) is 0.353. The Morgan fingerprint density at radius 1 is 1.04 bits per heavy atom. The van der Waals surface area contributed by atoms with Crippen molar-refractivity contribution in [2.75, 3.05) is 6.54 Å². The lowest BCUT2D eigenvalue weighted by atomic mass is 10.1. The Kier molecular flexibility index (Phi) is 4.81. The van der Waals surface area contributed by atoms with E-state index in [1.165, 1.54) is 0 Å². The van der Waals surface area contributed by atoms with Crippen molar-refractivity contribution in [2.45, 2.75) is 31.8 Å². The molecule has 1 unspecified atom stereocenters. The Morgan fingerprint density at radius 2 is 1.58 bits per heavy atom. The average molecular weight is 360 g/mol. The Bertz CT molecular complexity index is 753. The number of carbonyl (C=O) groups excluding carboxylic acids is 5. The van der Waals surface area contributed by atoms with Crippen molar-refractivity contribution in [3.05, 3.63) is 35.4 Å². The minimum atomic E-state index is -1.58. The van der Waals surface area contributed by atoms with Crippen LogP contribution in [0.4, 0.5) is 0 Å². The molecule has 1 N–H and O–H groups in total. The number of fused-ring (bicyclic) bond motifs is 1. The molecule has 2 aliphatic rings. The highest BCUT2D eigenvalue weighted by Gasteiger charge is 2.36. The Labute approximate surface area is 148 Å². The second-order valence-corrected chi connectivity index (χ2v) is 5.96. The van der Waals surface area contributed by atoms with E-state index in [1.807, 2.05) is 0 Å². The van der Waals surface area contributed by atoms with Gasteiger partial charge in [0.25, 0.3) is 23.6 Å². The van der Waals surface area contributed by atoms with Crippen LogP contribution in [-0.4, -0.2) is 57.3 Å². The van der Waals surface area contributed by atoms with Crippen LogP contribution >= 0.6 is 0 Å². The lowest BCUT2D eigenvalue weighted by Crippen LogP contribution is -2.37. The fourth-order valence-electron chi connectivity index (χ4n) is 2.81. The zero-order valence-corrected chi connectivity index (χ0v) is 13.7. The number of amides is 4. The zero-order valence-electron chi connectivity index (χ0n) is 13.7. The third kappa shape index (κ3) is 3.21. The maximum atomic E-state index is 12.2. The maximum Gasteiger partial charge on any atom is 0.361 e. The summed E-state index contributed by atoms with van der Waals surface area (Å²) < 4.78 is 0. The summed E-state index contributed by atoms with van der Waals surface area (Å²) in [6.45, 7) is 0.0261. The molecule has 136 valence electrons. The normalized spacial score (nSPS) is 17.7. The van der Waals surface area contributed by atoms with Gasteiger partial charge in [-0.15, -0.1) is 5.06 Å². The number of hydroxylamine groups is 2. The smallest absolute Gasteiger partial charge is 0.361 e. The van der Waals surface area contributed by atoms with Crippen LogP contribution in [0, 0.1) is 0 Å². The van der Waals surface area contributed by atoms with Crippen LogP contribution in [0.5, 0.6) is 0 Å².